The van der Waals surface area contributed by atoms with Crippen molar-refractivity contribution in [2.24, 2.45) is 34.5 Å². The molecule has 3 aliphatic rings. The lowest BCUT2D eigenvalue weighted by Crippen LogP contribution is -2.76. The molecule has 0 aromatic heterocycles. The number of phenols is 1. The largest absolute Gasteiger partial charge is 0.507 e. The molecule has 0 bridgehead atoms. The van der Waals surface area contributed by atoms with Crippen LogP contribution in [0.3, 0.4) is 0 Å². The second-order valence-corrected chi connectivity index (χ2v) is 16.4. The molecule has 7 nitrogen and oxygen atoms in total. The number of aryl methyl sites for hydroxylation is 2. The number of ketones is 5. The van der Waals surface area contributed by atoms with Crippen LogP contribution in [0.1, 0.15) is 133 Å². The number of phenolic OH excluding ortho intramolecular Hbond substituents is 1. The molecule has 270 valence electrons. The van der Waals surface area contributed by atoms with E-state index in [-0.39, 0.29) is 30.1 Å². The molecule has 0 radical (unpaired) electrons. The monoisotopic (exact) mass is 684 g/mol. The van der Waals surface area contributed by atoms with Crippen LogP contribution in [0.25, 0.3) is 11.1 Å². The molecule has 5 rings (SSSR count). The van der Waals surface area contributed by atoms with Gasteiger partial charge in [0.2, 0.25) is 0 Å². The van der Waals surface area contributed by atoms with E-state index in [4.69, 9.17) is 0 Å². The molecular formula is C43H56O7. The highest BCUT2D eigenvalue weighted by molar-refractivity contribution is 6.32. The number of Topliss-reactive ketones (excluding diaryl/α,β-unsaturated/α-hetero) is 5. The van der Waals surface area contributed by atoms with Gasteiger partial charge in [-0.3, -0.25) is 24.0 Å². The van der Waals surface area contributed by atoms with Crippen molar-refractivity contribution in [3.05, 3.63) is 52.6 Å². The summed E-state index contributed by atoms with van der Waals surface area (Å²) in [4.78, 5) is 69.6. The van der Waals surface area contributed by atoms with Crippen LogP contribution in [0.15, 0.2) is 30.3 Å². The van der Waals surface area contributed by atoms with E-state index in [9.17, 15) is 34.2 Å². The van der Waals surface area contributed by atoms with E-state index < -0.39 is 63.1 Å². The van der Waals surface area contributed by atoms with Gasteiger partial charge in [-0.25, -0.2) is 0 Å². The SMILES string of the molecule is CCCCCCCCCCc1ccc(CC)c(-c2ccc(O)c3c2C[C@]2(C)C[C@]4(C)C(C(C)C)C(=O)C(C(C)=O)C(=O)[C@]4(O)C(=O)C2C3=O)c1. The fourth-order valence-corrected chi connectivity index (χ4v) is 10.2. The predicted octanol–water partition coefficient (Wildman–Crippen LogP) is 8.01. The van der Waals surface area contributed by atoms with E-state index >= 15 is 0 Å². The number of aliphatic hydroxyl groups is 1. The molecule has 3 unspecified atom stereocenters. The van der Waals surface area contributed by atoms with Crippen molar-refractivity contribution in [3.8, 4) is 16.9 Å². The third kappa shape index (κ3) is 6.01. The zero-order valence-electron chi connectivity index (χ0n) is 31.1. The van der Waals surface area contributed by atoms with Gasteiger partial charge in [0.15, 0.2) is 28.7 Å². The molecular weight excluding hydrogens is 628 g/mol. The van der Waals surface area contributed by atoms with E-state index in [0.29, 0.717) is 5.56 Å². The molecule has 2 saturated carbocycles. The fraction of sp³-hybridized carbons (Fsp3) is 0.605. The summed E-state index contributed by atoms with van der Waals surface area (Å²) in [6.07, 6.45) is 11.9. The summed E-state index contributed by atoms with van der Waals surface area (Å²) in [6.45, 7) is 12.5. The molecule has 0 spiro atoms. The molecule has 0 saturated heterocycles. The van der Waals surface area contributed by atoms with Crippen molar-refractivity contribution in [2.75, 3.05) is 0 Å². The van der Waals surface area contributed by atoms with Gasteiger partial charge in [0.05, 0.1) is 11.5 Å². The lowest BCUT2D eigenvalue weighted by Gasteiger charge is -2.61. The van der Waals surface area contributed by atoms with Gasteiger partial charge in [-0.2, -0.15) is 0 Å². The molecule has 2 aromatic rings. The molecule has 0 heterocycles. The first-order chi connectivity index (χ1) is 23.6. The van der Waals surface area contributed by atoms with Crippen LogP contribution in [0.4, 0.5) is 0 Å². The van der Waals surface area contributed by atoms with Gasteiger partial charge in [-0.05, 0) is 84.2 Å². The lowest BCUT2D eigenvalue weighted by atomic mass is 9.40. The first-order valence-electron chi connectivity index (χ1n) is 18.9. The van der Waals surface area contributed by atoms with Gasteiger partial charge in [0.25, 0.3) is 0 Å². The molecule has 6 atom stereocenters. The van der Waals surface area contributed by atoms with Gasteiger partial charge < -0.3 is 10.2 Å². The van der Waals surface area contributed by atoms with Gasteiger partial charge in [-0.15, -0.1) is 0 Å². The second-order valence-electron chi connectivity index (χ2n) is 16.4. The number of aromatic hydroxyl groups is 1. The Kier molecular flexibility index (Phi) is 10.8. The Hall–Kier alpha value is -3.45. The van der Waals surface area contributed by atoms with Crippen LogP contribution in [-0.2, 0) is 38.4 Å². The summed E-state index contributed by atoms with van der Waals surface area (Å²) in [7, 11) is 0. The second kappa shape index (κ2) is 14.3. The number of fused-ring (bicyclic) bond motifs is 3. The highest BCUT2D eigenvalue weighted by Crippen LogP contribution is 2.64. The fourth-order valence-electron chi connectivity index (χ4n) is 10.2. The number of rotatable bonds is 13. The maximum Gasteiger partial charge on any atom is 0.190 e. The Morgan fingerprint density at radius 2 is 1.52 bits per heavy atom. The zero-order valence-corrected chi connectivity index (χ0v) is 31.1. The van der Waals surface area contributed by atoms with E-state index in [1.54, 1.807) is 20.8 Å². The Bertz CT molecular complexity index is 1700. The summed E-state index contributed by atoms with van der Waals surface area (Å²) in [5, 5.41) is 23.5. The number of benzene rings is 2. The third-order valence-electron chi connectivity index (χ3n) is 12.4. The molecule has 50 heavy (non-hydrogen) atoms. The highest BCUT2D eigenvalue weighted by atomic mass is 16.3. The van der Waals surface area contributed by atoms with Crippen LogP contribution in [0.5, 0.6) is 5.75 Å². The average Bonchev–Trinajstić information content (AvgIpc) is 3.03. The van der Waals surface area contributed by atoms with Crippen LogP contribution in [0, 0.1) is 34.5 Å². The molecule has 2 N–H and O–H groups in total. The van der Waals surface area contributed by atoms with Crippen LogP contribution in [-0.4, -0.2) is 44.7 Å². The summed E-state index contributed by atoms with van der Waals surface area (Å²) in [6, 6.07) is 9.87. The standard InChI is InChI=1S/C43H56O7/c1-8-10-11-12-13-14-15-16-17-27-18-19-28(9-2)30(22-27)29-20-21-32(45)34-31(29)23-41(6)24-42(7)35(25(3)4)37(46)33(26(5)44)39(48)43(42,50)40(49)36(41)38(34)47/h18-22,25,33,35-36,45,50H,8-17,23-24H2,1-7H3/t33?,35?,36?,41-,42-,43+/m1/s1. The van der Waals surface area contributed by atoms with E-state index in [2.05, 4.69) is 32.0 Å². The number of hydrogen-bond donors (Lipinski definition) is 2. The predicted molar refractivity (Wildman–Crippen MR) is 194 cm³/mol. The minimum absolute atomic E-state index is 0.0389. The summed E-state index contributed by atoms with van der Waals surface area (Å²) < 4.78 is 0. The average molecular weight is 685 g/mol. The number of hydrogen-bond acceptors (Lipinski definition) is 7. The first-order valence-corrected chi connectivity index (χ1v) is 18.9. The number of unbranched alkanes of at least 4 members (excludes halogenated alkanes) is 7. The molecule has 0 amide bonds. The van der Waals surface area contributed by atoms with Crippen molar-refractivity contribution in [1.82, 2.24) is 0 Å². The van der Waals surface area contributed by atoms with E-state index in [0.717, 1.165) is 42.9 Å². The molecule has 3 aliphatic carbocycles. The van der Waals surface area contributed by atoms with Gasteiger partial charge >= 0.3 is 0 Å². The number of carbonyl (C=O) groups is 5. The van der Waals surface area contributed by atoms with E-state index in [1.165, 1.54) is 56.6 Å². The molecule has 7 heteroatoms. The summed E-state index contributed by atoms with van der Waals surface area (Å²) >= 11 is 0. The summed E-state index contributed by atoms with van der Waals surface area (Å²) in [5.41, 5.74) is -0.478. The van der Waals surface area contributed by atoms with E-state index in [1.807, 2.05) is 13.0 Å². The van der Waals surface area contributed by atoms with Crippen LogP contribution >= 0.6 is 0 Å². The van der Waals surface area contributed by atoms with Crippen LogP contribution in [0.2, 0.25) is 0 Å². The molecule has 2 aromatic carbocycles. The summed E-state index contributed by atoms with van der Waals surface area (Å²) in [5.74, 6) is -8.79. The topological polar surface area (TPSA) is 126 Å². The Balaban J connectivity index is 1.55. The van der Waals surface area contributed by atoms with Crippen molar-refractivity contribution in [3.63, 3.8) is 0 Å². The maximum atomic E-state index is 14.6. The van der Waals surface area contributed by atoms with Gasteiger partial charge in [0.1, 0.15) is 17.5 Å². The minimum Gasteiger partial charge on any atom is -0.507 e. The van der Waals surface area contributed by atoms with Crippen molar-refractivity contribution < 1.29 is 34.2 Å². The van der Waals surface area contributed by atoms with Crippen molar-refractivity contribution >= 4 is 28.9 Å². The maximum absolute atomic E-state index is 14.6. The lowest BCUT2D eigenvalue weighted by molar-refractivity contribution is -0.205. The highest BCUT2D eigenvalue weighted by Gasteiger charge is 2.76. The van der Waals surface area contributed by atoms with Crippen LogP contribution < -0.4 is 0 Å². The van der Waals surface area contributed by atoms with Crippen molar-refractivity contribution in [2.45, 2.75) is 131 Å². The molecule has 2 fully saturated rings. The third-order valence-corrected chi connectivity index (χ3v) is 12.4. The Morgan fingerprint density at radius 1 is 0.880 bits per heavy atom. The van der Waals surface area contributed by atoms with Crippen molar-refractivity contribution in [1.29, 1.82) is 0 Å². The zero-order chi connectivity index (χ0) is 36.8. The quantitative estimate of drug-likeness (QED) is 0.162. The van der Waals surface area contributed by atoms with Gasteiger partial charge in [0, 0.05) is 11.3 Å². The normalized spacial score (nSPS) is 29.2. The first kappa shape index (κ1) is 37.8. The molecule has 0 aliphatic heterocycles. The Morgan fingerprint density at radius 3 is 2.12 bits per heavy atom. The number of carbonyl (C=O) groups excluding carboxylic acids is 5. The smallest absolute Gasteiger partial charge is 0.190 e. The Labute approximate surface area is 297 Å². The van der Waals surface area contributed by atoms with Gasteiger partial charge in [-0.1, -0.05) is 111 Å². The minimum atomic E-state index is -2.70.